The molecule has 1 aliphatic rings. The number of nitrogens with one attached hydrogen (secondary N) is 2. The first kappa shape index (κ1) is 53.0. The van der Waals surface area contributed by atoms with E-state index in [0.717, 1.165) is 33.4 Å². The molecule has 0 bridgehead atoms. The van der Waals surface area contributed by atoms with Gasteiger partial charge in [-0.15, -0.1) is 11.3 Å². The summed E-state index contributed by atoms with van der Waals surface area (Å²) in [5.41, 5.74) is 6.55. The van der Waals surface area contributed by atoms with Crippen LogP contribution < -0.4 is 10.6 Å². The van der Waals surface area contributed by atoms with Gasteiger partial charge < -0.3 is 34.5 Å². The fourth-order valence-corrected chi connectivity index (χ4v) is 10.2. The normalized spacial score (nSPS) is 14.1. The summed E-state index contributed by atoms with van der Waals surface area (Å²) in [6, 6.07) is 33.8. The highest BCUT2D eigenvalue weighted by Gasteiger charge is 2.37. The van der Waals surface area contributed by atoms with E-state index in [0.29, 0.717) is 35.8 Å². The number of amides is 3. The predicted octanol–water partition coefficient (Wildman–Crippen LogP) is 9.87. The molecule has 1 heterocycles. The summed E-state index contributed by atoms with van der Waals surface area (Å²) in [7, 11) is 1.69. The summed E-state index contributed by atoms with van der Waals surface area (Å²) < 4.78 is 23.3. The van der Waals surface area contributed by atoms with Gasteiger partial charge in [0.15, 0.2) is 6.10 Å². The Morgan fingerprint density at radius 3 is 1.93 bits per heavy atom. The molecular weight excluding hydrogens is 905 g/mol. The fraction of sp³-hybridized carbons (Fsp3) is 0.429. The van der Waals surface area contributed by atoms with Gasteiger partial charge >= 0.3 is 18.0 Å². The molecule has 4 aromatic carbocycles. The zero-order chi connectivity index (χ0) is 50.3. The van der Waals surface area contributed by atoms with Crippen molar-refractivity contribution in [3.63, 3.8) is 0 Å². The number of aromatic nitrogens is 1. The second kappa shape index (κ2) is 25.5. The van der Waals surface area contributed by atoms with Crippen molar-refractivity contribution in [2.75, 3.05) is 26.9 Å². The number of hydrogen-bond acceptors (Lipinski definition) is 11. The zero-order valence-electron chi connectivity index (χ0n) is 41.6. The van der Waals surface area contributed by atoms with E-state index in [1.54, 1.807) is 25.8 Å². The van der Waals surface area contributed by atoms with Crippen molar-refractivity contribution < 1.29 is 42.9 Å². The number of ether oxygens (including phenoxy) is 4. The number of likely N-dealkylation sites (N-methyl/N-ethyl adjacent to an activating group) is 1. The lowest BCUT2D eigenvalue weighted by Gasteiger charge is -2.36. The van der Waals surface area contributed by atoms with Crippen molar-refractivity contribution in [3.05, 3.63) is 147 Å². The SMILES string of the molecule is CCOC(=O)[C@H](C)C[C@H](Cc1ccccc1)NC(=O)c1nc([C@@H](C[C@@H](C(C)C)N(C)C(=O)[C@@H](NC(=O)OCC2c3ccccc3-c3ccccc32)C(C)C)OC(C)=O)sc1CCOCc1ccccc1. The van der Waals surface area contributed by atoms with E-state index >= 15 is 0 Å². The van der Waals surface area contributed by atoms with Gasteiger partial charge in [-0.05, 0) is 65.0 Å². The first-order chi connectivity index (χ1) is 33.6. The summed E-state index contributed by atoms with van der Waals surface area (Å²) in [6.45, 7) is 13.5. The quantitative estimate of drug-likeness (QED) is 0.0346. The molecule has 14 heteroatoms. The summed E-state index contributed by atoms with van der Waals surface area (Å²) in [5, 5.41) is 6.43. The van der Waals surface area contributed by atoms with Crippen molar-refractivity contribution in [1.29, 1.82) is 0 Å². The summed E-state index contributed by atoms with van der Waals surface area (Å²) in [5.74, 6) is -2.74. The number of carbonyl (C=O) groups is 5. The Bertz CT molecular complexity index is 2480. The topological polar surface area (TPSA) is 162 Å². The van der Waals surface area contributed by atoms with Gasteiger partial charge in [-0.2, -0.15) is 0 Å². The monoisotopic (exact) mass is 972 g/mol. The van der Waals surface area contributed by atoms with E-state index in [1.165, 1.54) is 18.3 Å². The standard InChI is InChI=1S/C56H68N4O9S/c1-9-67-55(64)37(6)30-41(31-39-20-12-10-13-21-39)57-52(62)51-49(28-29-66-33-40-22-14-11-15-23-40)70-53(58-51)48(69-38(7)61)32-47(35(2)3)60(8)54(63)50(36(4)5)59-56(65)68-34-46-44-26-18-16-24-42(44)43-25-17-19-27-45(43)46/h10-27,35-37,41,46-48,50H,9,28-34H2,1-8H3,(H,57,62)(H,59,65)/t37-,41-,47+,48-,50+/m1/s1. The molecule has 0 saturated carbocycles. The van der Waals surface area contributed by atoms with Crippen LogP contribution in [-0.2, 0) is 52.8 Å². The molecule has 0 aliphatic heterocycles. The van der Waals surface area contributed by atoms with Gasteiger partial charge in [0.2, 0.25) is 5.91 Å². The molecule has 5 aromatic rings. The van der Waals surface area contributed by atoms with Gasteiger partial charge in [0, 0.05) is 49.7 Å². The summed E-state index contributed by atoms with van der Waals surface area (Å²) >= 11 is 1.26. The smallest absolute Gasteiger partial charge is 0.407 e. The van der Waals surface area contributed by atoms with Crippen LogP contribution in [0.15, 0.2) is 109 Å². The minimum absolute atomic E-state index is 0.1000. The van der Waals surface area contributed by atoms with Gasteiger partial charge in [-0.3, -0.25) is 19.2 Å². The van der Waals surface area contributed by atoms with Crippen LogP contribution in [0.5, 0.6) is 0 Å². The first-order valence-corrected chi connectivity index (χ1v) is 25.1. The molecule has 1 aromatic heterocycles. The lowest BCUT2D eigenvalue weighted by Crippen LogP contribution is -2.54. The molecule has 0 unspecified atom stereocenters. The van der Waals surface area contributed by atoms with Crippen LogP contribution in [0.1, 0.15) is 116 Å². The lowest BCUT2D eigenvalue weighted by molar-refractivity contribution is -0.149. The minimum atomic E-state index is -0.938. The number of thiazole rings is 1. The largest absolute Gasteiger partial charge is 0.466 e. The Kier molecular flexibility index (Phi) is 19.3. The maximum Gasteiger partial charge on any atom is 0.407 e. The zero-order valence-corrected chi connectivity index (χ0v) is 42.5. The Hall–Kier alpha value is -6.38. The summed E-state index contributed by atoms with van der Waals surface area (Å²) in [6.07, 6.45) is -0.355. The Morgan fingerprint density at radius 2 is 1.34 bits per heavy atom. The van der Waals surface area contributed by atoms with E-state index in [2.05, 4.69) is 34.9 Å². The lowest BCUT2D eigenvalue weighted by atomic mass is 9.94. The number of fused-ring (bicyclic) bond motifs is 3. The van der Waals surface area contributed by atoms with E-state index in [4.69, 9.17) is 23.9 Å². The Morgan fingerprint density at radius 1 is 0.743 bits per heavy atom. The molecule has 0 spiro atoms. The van der Waals surface area contributed by atoms with Crippen LogP contribution in [0.2, 0.25) is 0 Å². The number of hydrogen-bond donors (Lipinski definition) is 2. The van der Waals surface area contributed by atoms with Crippen LogP contribution in [0, 0.1) is 17.8 Å². The molecule has 3 amide bonds. The molecule has 13 nitrogen and oxygen atoms in total. The van der Waals surface area contributed by atoms with Crippen molar-refractivity contribution in [2.24, 2.45) is 17.8 Å². The number of esters is 2. The number of nitrogens with zero attached hydrogens (tertiary/aromatic N) is 2. The van der Waals surface area contributed by atoms with Gasteiger partial charge in [-0.25, -0.2) is 9.78 Å². The third kappa shape index (κ3) is 14.1. The molecule has 70 heavy (non-hydrogen) atoms. The van der Waals surface area contributed by atoms with E-state index in [-0.39, 0.29) is 61.6 Å². The molecule has 0 saturated heterocycles. The van der Waals surface area contributed by atoms with Crippen LogP contribution in [-0.4, -0.2) is 84.7 Å². The molecular formula is C56H68N4O9S. The van der Waals surface area contributed by atoms with Gasteiger partial charge in [0.05, 0.1) is 25.7 Å². The highest BCUT2D eigenvalue weighted by molar-refractivity contribution is 7.12. The molecule has 372 valence electrons. The maximum absolute atomic E-state index is 14.5. The average Bonchev–Trinajstić information content (AvgIpc) is 3.92. The average molecular weight is 973 g/mol. The van der Waals surface area contributed by atoms with E-state index in [1.807, 2.05) is 113 Å². The number of rotatable bonds is 24. The van der Waals surface area contributed by atoms with Crippen LogP contribution in [0.3, 0.4) is 0 Å². The van der Waals surface area contributed by atoms with Gasteiger partial charge in [-0.1, -0.05) is 144 Å². The maximum atomic E-state index is 14.5. The molecule has 5 atom stereocenters. The van der Waals surface area contributed by atoms with Crippen LogP contribution in [0.4, 0.5) is 4.79 Å². The second-order valence-corrected chi connectivity index (χ2v) is 19.8. The molecule has 1 aliphatic carbocycles. The van der Waals surface area contributed by atoms with Crippen LogP contribution in [0.25, 0.3) is 11.1 Å². The number of benzene rings is 4. The predicted molar refractivity (Wildman–Crippen MR) is 271 cm³/mol. The van der Waals surface area contributed by atoms with Gasteiger partial charge in [0.1, 0.15) is 23.4 Å². The van der Waals surface area contributed by atoms with Crippen LogP contribution >= 0.6 is 11.3 Å². The molecule has 0 fully saturated rings. The fourth-order valence-electron chi connectivity index (χ4n) is 9.10. The van der Waals surface area contributed by atoms with E-state index < -0.39 is 48.1 Å². The van der Waals surface area contributed by atoms with Crippen molar-refractivity contribution in [3.8, 4) is 11.1 Å². The van der Waals surface area contributed by atoms with E-state index in [9.17, 15) is 24.0 Å². The number of carbonyl (C=O) groups excluding carboxylic acids is 5. The molecule has 6 rings (SSSR count). The van der Waals surface area contributed by atoms with Crippen molar-refractivity contribution in [1.82, 2.24) is 20.5 Å². The van der Waals surface area contributed by atoms with Crippen molar-refractivity contribution >= 4 is 41.2 Å². The first-order valence-electron chi connectivity index (χ1n) is 24.3. The Labute approximate surface area is 416 Å². The number of alkyl carbamates (subject to hydrolysis) is 1. The second-order valence-electron chi connectivity index (χ2n) is 18.6. The minimum Gasteiger partial charge on any atom is -0.466 e. The molecule has 0 radical (unpaired) electrons. The van der Waals surface area contributed by atoms with Gasteiger partial charge in [0.25, 0.3) is 5.91 Å². The highest BCUT2D eigenvalue weighted by atomic mass is 32.1. The summed E-state index contributed by atoms with van der Waals surface area (Å²) in [4.78, 5) is 75.4. The third-order valence-electron chi connectivity index (χ3n) is 12.7. The molecule has 2 N–H and O–H groups in total. The van der Waals surface area contributed by atoms with Crippen molar-refractivity contribution in [2.45, 2.75) is 111 Å². The highest BCUT2D eigenvalue weighted by Crippen LogP contribution is 2.44. The Balaban J connectivity index is 1.22. The third-order valence-corrected chi connectivity index (χ3v) is 13.9.